The standard InChI is InChI=1S/C38H73NO4/c1-5-8-11-13-14-15-18-22-27-36(43-38(41)35-30-31-39(4)32-35)28-23-19-16-17-20-24-29-37(40)42-33-34(25-10-7-3)26-21-12-9-6-2/h34-36H,5-33H2,1-4H3. The van der Waals surface area contributed by atoms with Gasteiger partial charge in [0.25, 0.3) is 0 Å². The van der Waals surface area contributed by atoms with Gasteiger partial charge in [0.1, 0.15) is 6.10 Å². The molecule has 0 spiro atoms. The Morgan fingerprint density at radius 3 is 1.70 bits per heavy atom. The van der Waals surface area contributed by atoms with Crippen molar-refractivity contribution >= 4 is 11.9 Å². The summed E-state index contributed by atoms with van der Waals surface area (Å²) in [5, 5.41) is 0. The van der Waals surface area contributed by atoms with Crippen molar-refractivity contribution in [2.45, 2.75) is 194 Å². The van der Waals surface area contributed by atoms with Gasteiger partial charge in [0.05, 0.1) is 12.5 Å². The molecule has 0 N–H and O–H groups in total. The van der Waals surface area contributed by atoms with E-state index in [1.54, 1.807) is 0 Å². The molecule has 3 atom stereocenters. The van der Waals surface area contributed by atoms with Crippen LogP contribution >= 0.6 is 0 Å². The van der Waals surface area contributed by atoms with E-state index >= 15 is 0 Å². The number of rotatable bonds is 30. The first-order valence-corrected chi connectivity index (χ1v) is 19.0. The summed E-state index contributed by atoms with van der Waals surface area (Å²) in [6.07, 6.45) is 30.7. The van der Waals surface area contributed by atoms with Gasteiger partial charge in [-0.25, -0.2) is 0 Å². The molecule has 5 heteroatoms. The molecule has 0 aromatic carbocycles. The van der Waals surface area contributed by atoms with Crippen molar-refractivity contribution in [1.82, 2.24) is 4.90 Å². The Balaban J connectivity index is 2.21. The highest BCUT2D eigenvalue weighted by Gasteiger charge is 2.29. The Bertz CT molecular complexity index is 654. The second-order valence-corrected chi connectivity index (χ2v) is 13.8. The molecule has 0 bridgehead atoms. The summed E-state index contributed by atoms with van der Waals surface area (Å²) in [4.78, 5) is 27.4. The van der Waals surface area contributed by atoms with E-state index in [0.717, 1.165) is 51.6 Å². The SMILES string of the molecule is CCCCCCCCCCC(CCCCCCCCC(=O)OCC(CCCC)CCCCCC)OC(=O)C1CCN(C)C1. The normalized spacial score (nSPS) is 16.8. The molecule has 0 aliphatic carbocycles. The van der Waals surface area contributed by atoms with E-state index in [1.807, 2.05) is 0 Å². The number of esters is 2. The summed E-state index contributed by atoms with van der Waals surface area (Å²) >= 11 is 0. The monoisotopic (exact) mass is 608 g/mol. The van der Waals surface area contributed by atoms with Crippen LogP contribution in [0, 0.1) is 11.8 Å². The average molecular weight is 608 g/mol. The van der Waals surface area contributed by atoms with E-state index in [-0.39, 0.29) is 24.0 Å². The molecule has 1 aliphatic rings. The lowest BCUT2D eigenvalue weighted by Gasteiger charge is -2.20. The summed E-state index contributed by atoms with van der Waals surface area (Å²) in [6.45, 7) is 9.22. The number of hydrogen-bond donors (Lipinski definition) is 0. The fourth-order valence-electron chi connectivity index (χ4n) is 6.45. The Morgan fingerprint density at radius 2 is 1.14 bits per heavy atom. The van der Waals surface area contributed by atoms with Gasteiger partial charge in [0.15, 0.2) is 0 Å². The number of carbonyl (C=O) groups excluding carboxylic acids is 2. The van der Waals surface area contributed by atoms with Crippen molar-refractivity contribution in [3.05, 3.63) is 0 Å². The molecular weight excluding hydrogens is 534 g/mol. The van der Waals surface area contributed by atoms with Crippen LogP contribution in [-0.2, 0) is 19.1 Å². The lowest BCUT2D eigenvalue weighted by molar-refractivity contribution is -0.154. The molecular formula is C38H73NO4. The summed E-state index contributed by atoms with van der Waals surface area (Å²) in [7, 11) is 2.09. The van der Waals surface area contributed by atoms with Gasteiger partial charge in [-0.15, -0.1) is 0 Å². The largest absolute Gasteiger partial charge is 0.465 e. The molecule has 1 saturated heterocycles. The highest BCUT2D eigenvalue weighted by Crippen LogP contribution is 2.22. The fourth-order valence-corrected chi connectivity index (χ4v) is 6.45. The Labute approximate surface area is 268 Å². The van der Waals surface area contributed by atoms with Gasteiger partial charge in [-0.2, -0.15) is 0 Å². The molecule has 3 unspecified atom stereocenters. The maximum Gasteiger partial charge on any atom is 0.310 e. The lowest BCUT2D eigenvalue weighted by atomic mass is 9.96. The predicted octanol–water partition coefficient (Wildman–Crippen LogP) is 10.8. The molecule has 43 heavy (non-hydrogen) atoms. The number of hydrogen-bond acceptors (Lipinski definition) is 5. The van der Waals surface area contributed by atoms with Crippen molar-refractivity contribution in [2.24, 2.45) is 11.8 Å². The van der Waals surface area contributed by atoms with Crippen LogP contribution in [0.4, 0.5) is 0 Å². The Morgan fingerprint density at radius 1 is 0.651 bits per heavy atom. The molecule has 0 aromatic heterocycles. The first kappa shape index (κ1) is 39.9. The van der Waals surface area contributed by atoms with Gasteiger partial charge >= 0.3 is 11.9 Å². The van der Waals surface area contributed by atoms with Gasteiger partial charge in [-0.3, -0.25) is 9.59 Å². The predicted molar refractivity (Wildman–Crippen MR) is 182 cm³/mol. The van der Waals surface area contributed by atoms with Crippen LogP contribution in [0.5, 0.6) is 0 Å². The third-order valence-corrected chi connectivity index (χ3v) is 9.46. The summed E-state index contributed by atoms with van der Waals surface area (Å²) < 4.78 is 11.8. The van der Waals surface area contributed by atoms with Gasteiger partial charge in [0.2, 0.25) is 0 Å². The quantitative estimate of drug-likeness (QED) is 0.0600. The molecule has 0 radical (unpaired) electrons. The molecule has 0 aromatic rings. The second-order valence-electron chi connectivity index (χ2n) is 13.8. The molecule has 254 valence electrons. The maximum atomic E-state index is 12.8. The van der Waals surface area contributed by atoms with Crippen LogP contribution in [0.3, 0.4) is 0 Å². The number of nitrogens with zero attached hydrogens (tertiary/aromatic N) is 1. The van der Waals surface area contributed by atoms with Gasteiger partial charge < -0.3 is 14.4 Å². The van der Waals surface area contributed by atoms with E-state index < -0.39 is 0 Å². The Hall–Kier alpha value is -1.10. The van der Waals surface area contributed by atoms with Gasteiger partial charge in [0, 0.05) is 13.0 Å². The van der Waals surface area contributed by atoms with E-state index in [2.05, 4.69) is 32.7 Å². The summed E-state index contributed by atoms with van der Waals surface area (Å²) in [6, 6.07) is 0. The zero-order valence-corrected chi connectivity index (χ0v) is 29.3. The van der Waals surface area contributed by atoms with Crippen LogP contribution < -0.4 is 0 Å². The van der Waals surface area contributed by atoms with E-state index in [4.69, 9.17) is 9.47 Å². The average Bonchev–Trinajstić information content (AvgIpc) is 3.45. The van der Waals surface area contributed by atoms with E-state index in [1.165, 1.54) is 122 Å². The third-order valence-electron chi connectivity index (χ3n) is 9.46. The minimum Gasteiger partial charge on any atom is -0.465 e. The number of carbonyl (C=O) groups is 2. The summed E-state index contributed by atoms with van der Waals surface area (Å²) in [5.41, 5.74) is 0. The van der Waals surface area contributed by atoms with Crippen LogP contribution in [0.2, 0.25) is 0 Å². The number of ether oxygens (including phenoxy) is 2. The van der Waals surface area contributed by atoms with Gasteiger partial charge in [-0.1, -0.05) is 130 Å². The first-order valence-electron chi connectivity index (χ1n) is 19.0. The van der Waals surface area contributed by atoms with Crippen molar-refractivity contribution in [3.63, 3.8) is 0 Å². The topological polar surface area (TPSA) is 55.8 Å². The molecule has 0 saturated carbocycles. The minimum atomic E-state index is -0.00543. The highest BCUT2D eigenvalue weighted by molar-refractivity contribution is 5.73. The molecule has 1 aliphatic heterocycles. The molecule has 1 fully saturated rings. The molecule has 0 amide bonds. The zero-order valence-electron chi connectivity index (χ0n) is 29.3. The fraction of sp³-hybridized carbons (Fsp3) is 0.947. The maximum absolute atomic E-state index is 12.8. The van der Waals surface area contributed by atoms with Crippen LogP contribution in [0.1, 0.15) is 188 Å². The lowest BCUT2D eigenvalue weighted by Crippen LogP contribution is -2.26. The van der Waals surface area contributed by atoms with Crippen molar-refractivity contribution in [2.75, 3.05) is 26.7 Å². The van der Waals surface area contributed by atoms with E-state index in [0.29, 0.717) is 18.9 Å². The van der Waals surface area contributed by atoms with Crippen molar-refractivity contribution in [1.29, 1.82) is 0 Å². The van der Waals surface area contributed by atoms with Gasteiger partial charge in [-0.05, 0) is 70.9 Å². The highest BCUT2D eigenvalue weighted by atomic mass is 16.5. The van der Waals surface area contributed by atoms with Crippen LogP contribution in [0.25, 0.3) is 0 Å². The van der Waals surface area contributed by atoms with Crippen LogP contribution in [0.15, 0.2) is 0 Å². The number of likely N-dealkylation sites (tertiary alicyclic amines) is 1. The summed E-state index contributed by atoms with van der Waals surface area (Å²) in [5.74, 6) is 0.632. The molecule has 1 rings (SSSR count). The van der Waals surface area contributed by atoms with Crippen molar-refractivity contribution in [3.8, 4) is 0 Å². The first-order chi connectivity index (χ1) is 21.0. The van der Waals surface area contributed by atoms with Crippen LogP contribution in [-0.4, -0.2) is 49.7 Å². The second kappa shape index (κ2) is 28.4. The van der Waals surface area contributed by atoms with Crippen molar-refractivity contribution < 1.29 is 19.1 Å². The zero-order chi connectivity index (χ0) is 31.4. The minimum absolute atomic E-state index is 0.00543. The third kappa shape index (κ3) is 23.0. The molecule has 5 nitrogen and oxygen atoms in total. The Kier molecular flexibility index (Phi) is 26.3. The number of unbranched alkanes of at least 4 members (excludes halogenated alkanes) is 16. The smallest absolute Gasteiger partial charge is 0.310 e. The molecule has 1 heterocycles. The van der Waals surface area contributed by atoms with E-state index in [9.17, 15) is 9.59 Å².